The van der Waals surface area contributed by atoms with Gasteiger partial charge < -0.3 is 10.2 Å². The van der Waals surface area contributed by atoms with Gasteiger partial charge in [0.05, 0.1) is 6.21 Å². The largest absolute Gasteiger partial charge is 0.435 e. The minimum absolute atomic E-state index is 0. The van der Waals surface area contributed by atoms with Gasteiger partial charge in [0.2, 0.25) is 0 Å². The van der Waals surface area contributed by atoms with Crippen molar-refractivity contribution in [1.82, 2.24) is 10.4 Å². The lowest BCUT2D eigenvalue weighted by Gasteiger charge is -2.18. The normalized spacial score (nSPS) is 10.3. The van der Waals surface area contributed by atoms with Gasteiger partial charge in [-0.15, -0.1) is 0 Å². The topological polar surface area (TPSA) is 95.1 Å². The molecule has 0 bridgehead atoms. The first kappa shape index (κ1) is 18.8. The maximum absolute atomic E-state index is 12.1. The highest BCUT2D eigenvalue weighted by Gasteiger charge is 2.18. The van der Waals surface area contributed by atoms with E-state index in [9.17, 15) is 4.79 Å². The molecule has 3 N–H and O–H groups in total. The van der Waals surface area contributed by atoms with E-state index in [4.69, 9.17) is 4.74 Å². The van der Waals surface area contributed by atoms with Crippen LogP contribution in [0, 0.1) is 0 Å². The van der Waals surface area contributed by atoms with E-state index in [1.807, 2.05) is 60.7 Å². The van der Waals surface area contributed by atoms with Gasteiger partial charge in [-0.1, -0.05) is 60.7 Å². The van der Waals surface area contributed by atoms with Gasteiger partial charge >= 0.3 is 6.09 Å². The van der Waals surface area contributed by atoms with Crippen LogP contribution >= 0.6 is 0 Å². The number of rotatable bonds is 5. The van der Waals surface area contributed by atoms with Crippen LogP contribution in [-0.4, -0.2) is 22.8 Å². The number of hydrazone groups is 1. The van der Waals surface area contributed by atoms with Crippen molar-refractivity contribution in [2.24, 2.45) is 5.10 Å². The molecule has 3 aromatic rings. The predicted molar refractivity (Wildman–Crippen MR) is 99.8 cm³/mol. The number of aromatic nitrogens is 1. The maximum Gasteiger partial charge on any atom is 0.428 e. The Bertz CT molecular complexity index is 785. The van der Waals surface area contributed by atoms with Crippen LogP contribution in [0.3, 0.4) is 0 Å². The van der Waals surface area contributed by atoms with Crippen LogP contribution in [0.4, 0.5) is 4.79 Å². The summed E-state index contributed by atoms with van der Waals surface area (Å²) in [4.78, 5) is 16.1. The highest BCUT2D eigenvalue weighted by atomic mass is 16.6. The van der Waals surface area contributed by atoms with Crippen LogP contribution in [0.1, 0.15) is 22.8 Å². The zero-order valence-corrected chi connectivity index (χ0v) is 13.9. The molecule has 132 valence electrons. The second-order valence-corrected chi connectivity index (χ2v) is 5.26. The number of amides is 1. The molecule has 0 aliphatic heterocycles. The van der Waals surface area contributed by atoms with Crippen LogP contribution in [-0.2, 0) is 4.74 Å². The molecule has 0 saturated heterocycles. The van der Waals surface area contributed by atoms with Gasteiger partial charge in [0.25, 0.3) is 0 Å². The second-order valence-electron chi connectivity index (χ2n) is 5.26. The standard InChI is InChI=1S/C20H17N3O2.H2O/c24-20(23-22-15-16-11-13-21-14-12-16)25-19(17-7-3-1-4-8-17)18-9-5-2-6-10-18;/h1-15,19H,(H,23,24);1H2/b22-15+;. The number of hydrogen-bond donors (Lipinski definition) is 1. The average Bonchev–Trinajstić information content (AvgIpc) is 2.68. The van der Waals surface area contributed by atoms with Crippen molar-refractivity contribution in [3.63, 3.8) is 0 Å². The third-order valence-electron chi connectivity index (χ3n) is 3.51. The Kier molecular flexibility index (Phi) is 7.03. The molecule has 0 aliphatic carbocycles. The van der Waals surface area contributed by atoms with Gasteiger partial charge in [-0.2, -0.15) is 5.10 Å². The van der Waals surface area contributed by atoms with Crippen LogP contribution in [0.5, 0.6) is 0 Å². The first-order chi connectivity index (χ1) is 12.3. The first-order valence-electron chi connectivity index (χ1n) is 7.82. The van der Waals surface area contributed by atoms with Crippen LogP contribution < -0.4 is 5.43 Å². The first-order valence-corrected chi connectivity index (χ1v) is 7.82. The summed E-state index contributed by atoms with van der Waals surface area (Å²) in [5.74, 6) is 0. The fourth-order valence-electron chi connectivity index (χ4n) is 2.33. The molecular weight excluding hydrogens is 330 g/mol. The molecule has 0 radical (unpaired) electrons. The van der Waals surface area contributed by atoms with Crippen LogP contribution in [0.2, 0.25) is 0 Å². The Labute approximate surface area is 151 Å². The molecule has 0 saturated carbocycles. The summed E-state index contributed by atoms with van der Waals surface area (Å²) in [7, 11) is 0. The number of carbonyl (C=O) groups is 1. The summed E-state index contributed by atoms with van der Waals surface area (Å²) in [6.45, 7) is 0. The van der Waals surface area contributed by atoms with Crippen molar-refractivity contribution < 1.29 is 15.0 Å². The van der Waals surface area contributed by atoms with Gasteiger partial charge in [0.15, 0.2) is 6.10 Å². The highest BCUT2D eigenvalue weighted by Crippen LogP contribution is 2.25. The molecule has 6 heteroatoms. The third kappa shape index (κ3) is 5.25. The number of pyridine rings is 1. The molecule has 1 heterocycles. The molecule has 1 amide bonds. The van der Waals surface area contributed by atoms with Crippen LogP contribution in [0.25, 0.3) is 0 Å². The lowest BCUT2D eigenvalue weighted by molar-refractivity contribution is 0.117. The van der Waals surface area contributed by atoms with Gasteiger partial charge in [0.1, 0.15) is 0 Å². The number of carbonyl (C=O) groups excluding carboxylic acids is 1. The molecule has 3 rings (SSSR count). The van der Waals surface area contributed by atoms with E-state index >= 15 is 0 Å². The Morgan fingerprint density at radius 3 is 2.00 bits per heavy atom. The number of nitrogens with one attached hydrogen (secondary N) is 1. The molecule has 1 aromatic heterocycles. The molecule has 6 nitrogen and oxygen atoms in total. The summed E-state index contributed by atoms with van der Waals surface area (Å²) in [6, 6.07) is 22.7. The lowest BCUT2D eigenvalue weighted by Crippen LogP contribution is -2.22. The summed E-state index contributed by atoms with van der Waals surface area (Å²) >= 11 is 0. The summed E-state index contributed by atoms with van der Waals surface area (Å²) in [5, 5.41) is 3.90. The third-order valence-corrected chi connectivity index (χ3v) is 3.51. The number of benzene rings is 2. The van der Waals surface area contributed by atoms with Gasteiger partial charge in [-0.3, -0.25) is 4.98 Å². The summed E-state index contributed by atoms with van der Waals surface area (Å²) < 4.78 is 5.58. The minimum atomic E-state index is -0.622. The second kappa shape index (κ2) is 9.71. The van der Waals surface area contributed by atoms with Crippen molar-refractivity contribution >= 4 is 12.3 Å². The molecule has 0 aliphatic rings. The van der Waals surface area contributed by atoms with Gasteiger partial charge in [-0.05, 0) is 28.8 Å². The van der Waals surface area contributed by atoms with Crippen molar-refractivity contribution in [2.45, 2.75) is 6.10 Å². The van der Waals surface area contributed by atoms with E-state index in [0.717, 1.165) is 16.7 Å². The molecule has 0 fully saturated rings. The van der Waals surface area contributed by atoms with Crippen molar-refractivity contribution in [3.05, 3.63) is 102 Å². The predicted octanol–water partition coefficient (Wildman–Crippen LogP) is 3.11. The van der Waals surface area contributed by atoms with E-state index in [0.29, 0.717) is 0 Å². The monoisotopic (exact) mass is 349 g/mol. The van der Waals surface area contributed by atoms with E-state index in [-0.39, 0.29) is 5.48 Å². The number of nitrogens with zero attached hydrogens (tertiary/aromatic N) is 2. The Balaban J connectivity index is 0.00000243. The van der Waals surface area contributed by atoms with Crippen molar-refractivity contribution in [2.75, 3.05) is 0 Å². The molecule has 0 atom stereocenters. The molecule has 26 heavy (non-hydrogen) atoms. The Morgan fingerprint density at radius 2 is 1.46 bits per heavy atom. The zero-order valence-electron chi connectivity index (χ0n) is 13.9. The number of hydrogen-bond acceptors (Lipinski definition) is 4. The highest BCUT2D eigenvalue weighted by molar-refractivity contribution is 5.80. The Hall–Kier alpha value is -3.51. The van der Waals surface area contributed by atoms with Crippen LogP contribution in [0.15, 0.2) is 90.3 Å². The van der Waals surface area contributed by atoms with E-state index in [2.05, 4.69) is 15.5 Å². The van der Waals surface area contributed by atoms with Crippen molar-refractivity contribution in [3.8, 4) is 0 Å². The average molecular weight is 349 g/mol. The Morgan fingerprint density at radius 1 is 0.923 bits per heavy atom. The van der Waals surface area contributed by atoms with E-state index in [1.54, 1.807) is 24.5 Å². The SMILES string of the molecule is O.O=C(N/N=C/c1ccncc1)OC(c1ccccc1)c1ccccc1. The molecule has 0 unspecified atom stereocenters. The molecular formula is C20H19N3O3. The minimum Gasteiger partial charge on any atom is -0.435 e. The quantitative estimate of drug-likeness (QED) is 0.566. The lowest BCUT2D eigenvalue weighted by atomic mass is 10.0. The van der Waals surface area contributed by atoms with E-state index in [1.165, 1.54) is 6.21 Å². The van der Waals surface area contributed by atoms with E-state index < -0.39 is 12.2 Å². The number of ether oxygens (including phenoxy) is 1. The smallest absolute Gasteiger partial charge is 0.428 e. The maximum atomic E-state index is 12.1. The summed E-state index contributed by atoms with van der Waals surface area (Å²) in [6.07, 6.45) is 3.71. The summed E-state index contributed by atoms with van der Waals surface area (Å²) in [5.41, 5.74) is 5.00. The molecule has 0 spiro atoms. The zero-order chi connectivity index (χ0) is 17.3. The molecule has 2 aromatic carbocycles. The van der Waals surface area contributed by atoms with Crippen molar-refractivity contribution in [1.29, 1.82) is 0 Å². The fraction of sp³-hybridized carbons (Fsp3) is 0.0500. The van der Waals surface area contributed by atoms with Gasteiger partial charge in [-0.25, -0.2) is 10.2 Å². The van der Waals surface area contributed by atoms with Gasteiger partial charge in [0, 0.05) is 12.4 Å². The fourth-order valence-corrected chi connectivity index (χ4v) is 2.33.